The first-order chi connectivity index (χ1) is 12.5. The van der Waals surface area contributed by atoms with Crippen LogP contribution < -0.4 is 10.2 Å². The van der Waals surface area contributed by atoms with Gasteiger partial charge in [0.05, 0.1) is 10.5 Å². The Bertz CT molecular complexity index is 865. The zero-order valence-electron chi connectivity index (χ0n) is 13.9. The number of amides is 1. The van der Waals surface area contributed by atoms with Crippen molar-refractivity contribution in [3.05, 3.63) is 74.8 Å². The van der Waals surface area contributed by atoms with Crippen LogP contribution >= 0.6 is 11.6 Å². The number of benzene rings is 2. The van der Waals surface area contributed by atoms with Gasteiger partial charge in [-0.2, -0.15) is 5.10 Å². The number of rotatable bonds is 7. The van der Waals surface area contributed by atoms with Gasteiger partial charge in [0.15, 0.2) is 6.61 Å². The maximum Gasteiger partial charge on any atom is 0.277 e. The first-order valence-corrected chi connectivity index (χ1v) is 7.96. The van der Waals surface area contributed by atoms with Crippen LogP contribution in [0.15, 0.2) is 53.6 Å². The average molecular weight is 374 g/mol. The Morgan fingerprint density at radius 2 is 2.12 bits per heavy atom. The van der Waals surface area contributed by atoms with Gasteiger partial charge in [0.1, 0.15) is 5.75 Å². The van der Waals surface area contributed by atoms with Gasteiger partial charge >= 0.3 is 0 Å². The van der Waals surface area contributed by atoms with Gasteiger partial charge in [0.2, 0.25) is 0 Å². The summed E-state index contributed by atoms with van der Waals surface area (Å²) in [5, 5.41) is 15.2. The Morgan fingerprint density at radius 3 is 2.85 bits per heavy atom. The number of hydrogen-bond donors (Lipinski definition) is 1. The van der Waals surface area contributed by atoms with E-state index in [1.807, 2.05) is 6.92 Å². The highest BCUT2D eigenvalue weighted by molar-refractivity contribution is 6.30. The molecule has 0 aliphatic carbocycles. The second kappa shape index (κ2) is 9.33. The second-order valence-corrected chi connectivity index (χ2v) is 5.62. The van der Waals surface area contributed by atoms with Crippen molar-refractivity contribution in [3.63, 3.8) is 0 Å². The number of para-hydroxylation sites is 1. The normalized spacial score (nSPS) is 11.0. The minimum atomic E-state index is -0.464. The summed E-state index contributed by atoms with van der Waals surface area (Å²) in [7, 11) is 0. The van der Waals surface area contributed by atoms with E-state index in [2.05, 4.69) is 10.5 Å². The number of hydrogen-bond acceptors (Lipinski definition) is 5. The molecular weight excluding hydrogens is 358 g/mol. The Morgan fingerprint density at radius 1 is 1.35 bits per heavy atom. The van der Waals surface area contributed by atoms with Crippen LogP contribution in [0.4, 0.5) is 5.69 Å². The minimum Gasteiger partial charge on any atom is -0.483 e. The zero-order chi connectivity index (χ0) is 18.9. The van der Waals surface area contributed by atoms with Crippen LogP contribution in [0.3, 0.4) is 0 Å². The van der Waals surface area contributed by atoms with Gasteiger partial charge in [0, 0.05) is 17.3 Å². The quantitative estimate of drug-likeness (QED) is 0.454. The van der Waals surface area contributed by atoms with Crippen LogP contribution in [0.2, 0.25) is 5.02 Å². The van der Waals surface area contributed by atoms with E-state index in [-0.39, 0.29) is 12.3 Å². The molecule has 134 valence electrons. The van der Waals surface area contributed by atoms with E-state index in [1.54, 1.807) is 36.4 Å². The summed E-state index contributed by atoms with van der Waals surface area (Å²) >= 11 is 5.85. The van der Waals surface area contributed by atoms with Crippen molar-refractivity contribution in [1.29, 1.82) is 0 Å². The van der Waals surface area contributed by atoms with Gasteiger partial charge in [-0.05, 0) is 48.9 Å². The van der Waals surface area contributed by atoms with Crippen molar-refractivity contribution < 1.29 is 14.5 Å². The number of aryl methyl sites for hydroxylation is 1. The number of nitrogens with zero attached hydrogens (tertiary/aromatic N) is 2. The topological polar surface area (TPSA) is 93.8 Å². The molecule has 1 N–H and O–H groups in total. The van der Waals surface area contributed by atoms with Crippen molar-refractivity contribution in [2.45, 2.75) is 6.92 Å². The Hall–Kier alpha value is -3.19. The van der Waals surface area contributed by atoms with E-state index >= 15 is 0 Å². The number of nitrogens with one attached hydrogen (secondary N) is 1. The molecule has 0 unspecified atom stereocenters. The maximum absolute atomic E-state index is 11.7. The summed E-state index contributed by atoms with van der Waals surface area (Å²) in [5.41, 5.74) is 3.56. The Balaban J connectivity index is 1.83. The highest BCUT2D eigenvalue weighted by Gasteiger charge is 2.08. The minimum absolute atomic E-state index is 0.00656. The van der Waals surface area contributed by atoms with Crippen molar-refractivity contribution >= 4 is 35.5 Å². The molecule has 2 rings (SSSR count). The van der Waals surface area contributed by atoms with Gasteiger partial charge in [-0.1, -0.05) is 23.7 Å². The van der Waals surface area contributed by atoms with Crippen LogP contribution in [0.5, 0.6) is 5.75 Å². The number of carbonyl (C=O) groups excluding carboxylic acids is 1. The summed E-state index contributed by atoms with van der Waals surface area (Å²) in [4.78, 5) is 22.1. The van der Waals surface area contributed by atoms with E-state index < -0.39 is 10.8 Å². The summed E-state index contributed by atoms with van der Waals surface area (Å²) < 4.78 is 5.38. The van der Waals surface area contributed by atoms with Gasteiger partial charge in [-0.15, -0.1) is 0 Å². The molecule has 7 nitrogen and oxygen atoms in total. The maximum atomic E-state index is 11.7. The highest BCUT2D eigenvalue weighted by Crippen LogP contribution is 2.21. The van der Waals surface area contributed by atoms with Crippen molar-refractivity contribution in [2.24, 2.45) is 5.10 Å². The fraction of sp³-hybridized carbons (Fsp3) is 0.111. The number of nitro benzene ring substituents is 1. The number of halogens is 1. The van der Waals surface area contributed by atoms with E-state index in [1.165, 1.54) is 24.4 Å². The molecule has 8 heteroatoms. The number of nitro groups is 1. The Labute approximate surface area is 155 Å². The summed E-state index contributed by atoms with van der Waals surface area (Å²) in [6.07, 6.45) is 4.34. The monoisotopic (exact) mass is 373 g/mol. The fourth-order valence-electron chi connectivity index (χ4n) is 2.04. The molecule has 2 aromatic carbocycles. The molecule has 0 fully saturated rings. The van der Waals surface area contributed by atoms with Gasteiger partial charge in [0.25, 0.3) is 11.6 Å². The third-order valence-electron chi connectivity index (χ3n) is 3.25. The molecule has 0 radical (unpaired) electrons. The van der Waals surface area contributed by atoms with Crippen LogP contribution in [0.25, 0.3) is 6.08 Å². The molecule has 0 spiro atoms. The van der Waals surface area contributed by atoms with Crippen LogP contribution in [0, 0.1) is 17.0 Å². The molecule has 0 aliphatic heterocycles. The average Bonchev–Trinajstić information content (AvgIpc) is 2.61. The number of carbonyl (C=O) groups is 1. The zero-order valence-corrected chi connectivity index (χ0v) is 14.6. The SMILES string of the molecule is Cc1cc(Cl)ccc1OCC(=O)N/N=C\C=C\c1ccccc1[N+](=O)[O-]. The molecule has 0 aliphatic rings. The number of ether oxygens (including phenoxy) is 1. The molecule has 0 saturated heterocycles. The van der Waals surface area contributed by atoms with Crippen LogP contribution in [0.1, 0.15) is 11.1 Å². The lowest BCUT2D eigenvalue weighted by molar-refractivity contribution is -0.385. The standard InChI is InChI=1S/C18H16ClN3O4/c1-13-11-15(19)8-9-17(13)26-12-18(23)21-20-10-4-6-14-5-2-3-7-16(14)22(24)25/h2-11H,12H2,1H3,(H,21,23)/b6-4+,20-10-. The molecule has 0 atom stereocenters. The van der Waals surface area contributed by atoms with Gasteiger partial charge < -0.3 is 4.74 Å². The van der Waals surface area contributed by atoms with E-state index in [4.69, 9.17) is 16.3 Å². The number of allylic oxidation sites excluding steroid dienone is 1. The molecule has 1 amide bonds. The largest absolute Gasteiger partial charge is 0.483 e. The lowest BCUT2D eigenvalue weighted by Crippen LogP contribution is -2.24. The van der Waals surface area contributed by atoms with Crippen molar-refractivity contribution in [1.82, 2.24) is 5.43 Å². The predicted octanol–water partition coefficient (Wildman–Crippen LogP) is 3.75. The lowest BCUT2D eigenvalue weighted by Gasteiger charge is -2.08. The van der Waals surface area contributed by atoms with Gasteiger partial charge in [-0.25, -0.2) is 5.43 Å². The molecule has 0 heterocycles. The first-order valence-electron chi connectivity index (χ1n) is 7.58. The summed E-state index contributed by atoms with van der Waals surface area (Å²) in [6, 6.07) is 11.4. The smallest absolute Gasteiger partial charge is 0.277 e. The highest BCUT2D eigenvalue weighted by atomic mass is 35.5. The Kier molecular flexibility index (Phi) is 6.87. The summed E-state index contributed by atoms with van der Waals surface area (Å²) in [5.74, 6) is 0.125. The molecular formula is C18H16ClN3O4. The summed E-state index contributed by atoms with van der Waals surface area (Å²) in [6.45, 7) is 1.62. The van der Waals surface area contributed by atoms with E-state index in [0.717, 1.165) is 5.56 Å². The fourth-order valence-corrected chi connectivity index (χ4v) is 2.27. The van der Waals surface area contributed by atoms with E-state index in [9.17, 15) is 14.9 Å². The molecule has 0 aromatic heterocycles. The van der Waals surface area contributed by atoms with Crippen LogP contribution in [-0.4, -0.2) is 23.7 Å². The van der Waals surface area contributed by atoms with E-state index in [0.29, 0.717) is 16.3 Å². The predicted molar refractivity (Wildman–Crippen MR) is 100 cm³/mol. The number of hydrazone groups is 1. The molecule has 26 heavy (non-hydrogen) atoms. The van der Waals surface area contributed by atoms with Gasteiger partial charge in [-0.3, -0.25) is 14.9 Å². The van der Waals surface area contributed by atoms with Crippen molar-refractivity contribution in [2.75, 3.05) is 6.61 Å². The second-order valence-electron chi connectivity index (χ2n) is 5.19. The molecule has 0 saturated carbocycles. The van der Waals surface area contributed by atoms with Crippen molar-refractivity contribution in [3.8, 4) is 5.75 Å². The lowest BCUT2D eigenvalue weighted by atomic mass is 10.2. The third kappa shape index (κ3) is 5.71. The third-order valence-corrected chi connectivity index (χ3v) is 3.49. The first kappa shape index (κ1) is 19.1. The molecule has 2 aromatic rings. The van der Waals surface area contributed by atoms with Crippen LogP contribution in [-0.2, 0) is 4.79 Å². The molecule has 0 bridgehead atoms.